The fourth-order valence-electron chi connectivity index (χ4n) is 2.92. The van der Waals surface area contributed by atoms with Gasteiger partial charge in [0, 0.05) is 26.7 Å². The Labute approximate surface area is 96.5 Å². The molecule has 2 amide bonds. The lowest BCUT2D eigenvalue weighted by Crippen LogP contribution is -2.57. The molecule has 2 heterocycles. The van der Waals surface area contributed by atoms with Crippen molar-refractivity contribution in [3.8, 4) is 0 Å². The predicted molar refractivity (Wildman–Crippen MR) is 60.2 cm³/mol. The molecule has 1 saturated carbocycles. The Bertz CT molecular complexity index is 301. The minimum absolute atomic E-state index is 0.247. The van der Waals surface area contributed by atoms with Gasteiger partial charge in [0.25, 0.3) is 0 Å². The third kappa shape index (κ3) is 1.59. The number of carbonyl (C=O) groups excluding carboxylic acids is 1. The normalized spacial score (nSPS) is 30.7. The highest BCUT2D eigenvalue weighted by Gasteiger charge is 2.50. The molecule has 0 bridgehead atoms. The molecule has 0 radical (unpaired) electrons. The van der Waals surface area contributed by atoms with Crippen LogP contribution in [0.4, 0.5) is 4.79 Å². The summed E-state index contributed by atoms with van der Waals surface area (Å²) in [7, 11) is 1.70. The summed E-state index contributed by atoms with van der Waals surface area (Å²) in [6.45, 7) is 3.57. The third-order valence-electron chi connectivity index (χ3n) is 4.41. The Kier molecular flexibility index (Phi) is 2.35. The van der Waals surface area contributed by atoms with E-state index in [-0.39, 0.29) is 6.03 Å². The van der Waals surface area contributed by atoms with E-state index in [0.29, 0.717) is 18.1 Å². The van der Waals surface area contributed by atoms with Crippen LogP contribution in [0.1, 0.15) is 25.7 Å². The summed E-state index contributed by atoms with van der Waals surface area (Å²) in [6, 6.07) is 0.574. The lowest BCUT2D eigenvalue weighted by atomic mass is 10.1. The number of amides is 2. The van der Waals surface area contributed by atoms with E-state index in [0.717, 1.165) is 26.1 Å². The highest BCUT2D eigenvalue weighted by Crippen LogP contribution is 2.52. The van der Waals surface area contributed by atoms with Crippen LogP contribution < -0.4 is 0 Å². The number of carbonyl (C=O) groups is 1. The van der Waals surface area contributed by atoms with Crippen molar-refractivity contribution in [2.24, 2.45) is 5.41 Å². The van der Waals surface area contributed by atoms with Crippen molar-refractivity contribution >= 4 is 6.03 Å². The molecule has 1 aliphatic carbocycles. The van der Waals surface area contributed by atoms with Crippen molar-refractivity contribution in [2.45, 2.75) is 31.7 Å². The Morgan fingerprint density at radius 3 is 2.69 bits per heavy atom. The zero-order chi connectivity index (χ0) is 11.2. The summed E-state index contributed by atoms with van der Waals surface area (Å²) in [5.41, 5.74) is 0.539. The quantitative estimate of drug-likeness (QED) is 0.708. The minimum Gasteiger partial charge on any atom is -0.383 e. The first kappa shape index (κ1) is 10.4. The predicted octanol–water partition coefficient (Wildman–Crippen LogP) is 1.31. The van der Waals surface area contributed by atoms with E-state index in [1.807, 2.05) is 4.90 Å². The van der Waals surface area contributed by atoms with Crippen LogP contribution in [0.5, 0.6) is 0 Å². The van der Waals surface area contributed by atoms with Crippen molar-refractivity contribution in [1.82, 2.24) is 9.80 Å². The molecule has 1 atom stereocenters. The maximum Gasteiger partial charge on any atom is 0.320 e. The summed E-state index contributed by atoms with van der Waals surface area (Å²) in [5, 5.41) is 0. The topological polar surface area (TPSA) is 32.8 Å². The number of rotatable bonds is 2. The van der Waals surface area contributed by atoms with Crippen molar-refractivity contribution in [3.63, 3.8) is 0 Å². The minimum atomic E-state index is 0.247. The first-order chi connectivity index (χ1) is 7.74. The van der Waals surface area contributed by atoms with Crippen molar-refractivity contribution in [1.29, 1.82) is 0 Å². The van der Waals surface area contributed by atoms with E-state index in [2.05, 4.69) is 4.90 Å². The molecular formula is C12H20N2O2. The fraction of sp³-hybridized carbons (Fsp3) is 0.917. The Morgan fingerprint density at radius 1 is 1.38 bits per heavy atom. The zero-order valence-electron chi connectivity index (χ0n) is 9.95. The second kappa shape index (κ2) is 3.62. The van der Waals surface area contributed by atoms with E-state index in [4.69, 9.17) is 4.74 Å². The molecule has 4 heteroatoms. The van der Waals surface area contributed by atoms with Gasteiger partial charge in [-0.1, -0.05) is 0 Å². The Morgan fingerprint density at radius 2 is 2.19 bits per heavy atom. The summed E-state index contributed by atoms with van der Waals surface area (Å²) in [4.78, 5) is 16.3. The number of nitrogens with zero attached hydrogens (tertiary/aromatic N) is 2. The molecule has 0 N–H and O–H groups in total. The van der Waals surface area contributed by atoms with Crippen molar-refractivity contribution in [2.75, 3.05) is 33.4 Å². The van der Waals surface area contributed by atoms with Crippen LogP contribution in [-0.2, 0) is 4.74 Å². The number of ether oxygens (including phenoxy) is 1. The highest BCUT2D eigenvalue weighted by atomic mass is 16.5. The number of hydrogen-bond donors (Lipinski definition) is 0. The van der Waals surface area contributed by atoms with E-state index in [1.165, 1.54) is 19.3 Å². The fourth-order valence-corrected chi connectivity index (χ4v) is 2.92. The van der Waals surface area contributed by atoms with Gasteiger partial charge in [0.1, 0.15) is 0 Å². The second-order valence-corrected chi connectivity index (χ2v) is 5.55. The zero-order valence-corrected chi connectivity index (χ0v) is 9.95. The number of likely N-dealkylation sites (tertiary alicyclic amines) is 2. The van der Waals surface area contributed by atoms with Gasteiger partial charge in [-0.2, -0.15) is 0 Å². The van der Waals surface area contributed by atoms with Crippen molar-refractivity contribution < 1.29 is 9.53 Å². The molecule has 0 unspecified atom stereocenters. The average molecular weight is 224 g/mol. The third-order valence-corrected chi connectivity index (χ3v) is 4.41. The molecule has 2 aliphatic heterocycles. The molecule has 3 aliphatic rings. The van der Waals surface area contributed by atoms with Crippen LogP contribution in [0.3, 0.4) is 0 Å². The highest BCUT2D eigenvalue weighted by molar-refractivity contribution is 5.76. The molecule has 0 aromatic carbocycles. The summed E-state index contributed by atoms with van der Waals surface area (Å²) >= 11 is 0. The van der Waals surface area contributed by atoms with E-state index >= 15 is 0 Å². The van der Waals surface area contributed by atoms with Crippen LogP contribution in [0, 0.1) is 5.41 Å². The smallest absolute Gasteiger partial charge is 0.320 e. The van der Waals surface area contributed by atoms with Crippen LogP contribution in [0.25, 0.3) is 0 Å². The van der Waals surface area contributed by atoms with Crippen LogP contribution >= 0.6 is 0 Å². The van der Waals surface area contributed by atoms with Crippen LogP contribution in [0.15, 0.2) is 0 Å². The molecule has 4 nitrogen and oxygen atoms in total. The monoisotopic (exact) mass is 224 g/mol. The van der Waals surface area contributed by atoms with Crippen LogP contribution in [0.2, 0.25) is 0 Å². The molecular weight excluding hydrogens is 204 g/mol. The van der Waals surface area contributed by atoms with Crippen LogP contribution in [-0.4, -0.2) is 55.2 Å². The summed E-state index contributed by atoms with van der Waals surface area (Å²) in [5.74, 6) is 0. The number of methoxy groups -OCH3 is 1. The standard InChI is InChI=1S/C12H20N2O2/c1-16-8-10-2-6-14(10)11(15)13-7-5-12(9-13)3-4-12/h10H,2-9H2,1H3/t10-/m1/s1. The van der Waals surface area contributed by atoms with Crippen molar-refractivity contribution in [3.05, 3.63) is 0 Å². The molecule has 90 valence electrons. The van der Waals surface area contributed by atoms with Gasteiger partial charge in [-0.25, -0.2) is 4.79 Å². The molecule has 1 spiro atoms. The van der Waals surface area contributed by atoms with E-state index in [9.17, 15) is 4.79 Å². The van der Waals surface area contributed by atoms with Gasteiger partial charge in [0.2, 0.25) is 0 Å². The average Bonchev–Trinajstić information content (AvgIpc) is 2.83. The molecule has 16 heavy (non-hydrogen) atoms. The van der Waals surface area contributed by atoms with E-state index in [1.54, 1.807) is 7.11 Å². The van der Waals surface area contributed by atoms with Gasteiger partial charge in [0.15, 0.2) is 0 Å². The van der Waals surface area contributed by atoms with Gasteiger partial charge in [0.05, 0.1) is 12.6 Å². The molecule has 2 saturated heterocycles. The Balaban J connectivity index is 1.57. The van der Waals surface area contributed by atoms with E-state index < -0.39 is 0 Å². The molecule has 3 rings (SSSR count). The molecule has 0 aromatic heterocycles. The van der Waals surface area contributed by atoms with Gasteiger partial charge in [-0.3, -0.25) is 0 Å². The Hall–Kier alpha value is -0.770. The van der Waals surface area contributed by atoms with Gasteiger partial charge in [-0.05, 0) is 31.1 Å². The SMILES string of the molecule is COC[C@H]1CCN1C(=O)N1CCC2(CC2)C1. The number of urea groups is 1. The van der Waals surface area contributed by atoms with Gasteiger partial charge in [-0.15, -0.1) is 0 Å². The van der Waals surface area contributed by atoms with Gasteiger partial charge < -0.3 is 14.5 Å². The first-order valence-corrected chi connectivity index (χ1v) is 6.29. The largest absolute Gasteiger partial charge is 0.383 e. The summed E-state index contributed by atoms with van der Waals surface area (Å²) in [6.07, 6.45) is 4.98. The van der Waals surface area contributed by atoms with Gasteiger partial charge >= 0.3 is 6.03 Å². The lowest BCUT2D eigenvalue weighted by molar-refractivity contribution is 0.0368. The number of hydrogen-bond acceptors (Lipinski definition) is 2. The maximum absolute atomic E-state index is 12.2. The molecule has 0 aromatic rings. The second-order valence-electron chi connectivity index (χ2n) is 5.55. The molecule has 3 fully saturated rings. The lowest BCUT2D eigenvalue weighted by Gasteiger charge is -2.42. The summed E-state index contributed by atoms with van der Waals surface area (Å²) < 4.78 is 5.13. The first-order valence-electron chi connectivity index (χ1n) is 6.29. The maximum atomic E-state index is 12.2.